The zero-order chi connectivity index (χ0) is 20.3. The van der Waals surface area contributed by atoms with Gasteiger partial charge in [0.05, 0.1) is 16.4 Å². The Kier molecular flexibility index (Phi) is 5.68. The largest absolute Gasteiger partial charge is 0.416 e. The number of halogens is 4. The van der Waals surface area contributed by atoms with Crippen LogP contribution in [0.2, 0.25) is 0 Å². The first-order chi connectivity index (χ1) is 13.2. The molecule has 28 heavy (non-hydrogen) atoms. The second-order valence-electron chi connectivity index (χ2n) is 5.77. The summed E-state index contributed by atoms with van der Waals surface area (Å²) in [4.78, 5) is 16.4. The van der Waals surface area contributed by atoms with E-state index in [1.54, 1.807) is 25.1 Å². The van der Waals surface area contributed by atoms with Gasteiger partial charge < -0.3 is 5.32 Å². The van der Waals surface area contributed by atoms with Crippen LogP contribution in [-0.2, 0) is 11.0 Å². The second kappa shape index (κ2) is 8.01. The Balaban J connectivity index is 1.63. The molecule has 5 nitrogen and oxygen atoms in total. The topological polar surface area (TPSA) is 70.7 Å². The third kappa shape index (κ3) is 4.69. The molecular formula is C18H14F4N4OS. The van der Waals surface area contributed by atoms with Gasteiger partial charge in [0.1, 0.15) is 5.82 Å². The number of aromatic amines is 1. The lowest BCUT2D eigenvalue weighted by atomic mass is 10.2. The summed E-state index contributed by atoms with van der Waals surface area (Å²) >= 11 is 1.03. The van der Waals surface area contributed by atoms with Crippen molar-refractivity contribution < 1.29 is 22.4 Å². The molecule has 1 aromatic heterocycles. The Morgan fingerprint density at radius 1 is 1.14 bits per heavy atom. The number of H-pyrrole nitrogens is 1. The van der Waals surface area contributed by atoms with Crippen LogP contribution in [0.15, 0.2) is 53.7 Å². The summed E-state index contributed by atoms with van der Waals surface area (Å²) in [5, 5.41) is 8.72. The van der Waals surface area contributed by atoms with Crippen LogP contribution in [0.25, 0.3) is 11.4 Å². The average molecular weight is 410 g/mol. The Labute approximate surface area is 161 Å². The normalized spacial score (nSPS) is 12.6. The summed E-state index contributed by atoms with van der Waals surface area (Å²) in [5.74, 6) is -0.652. The third-order valence-electron chi connectivity index (χ3n) is 3.73. The molecule has 1 atom stereocenters. The number of thioether (sulfide) groups is 1. The SMILES string of the molecule is C[C@@H](Sc1n[nH]c(-c2ccccc2F)n1)C(=O)Nc1ccc(C(F)(F)F)cc1. The van der Waals surface area contributed by atoms with Crippen molar-refractivity contribution in [1.29, 1.82) is 0 Å². The van der Waals surface area contributed by atoms with Crippen LogP contribution >= 0.6 is 11.8 Å². The number of nitrogens with zero attached hydrogens (tertiary/aromatic N) is 2. The van der Waals surface area contributed by atoms with Gasteiger partial charge in [-0.1, -0.05) is 23.9 Å². The van der Waals surface area contributed by atoms with E-state index in [0.717, 1.165) is 23.9 Å². The molecule has 0 radical (unpaired) electrons. The first-order valence-electron chi connectivity index (χ1n) is 8.06. The summed E-state index contributed by atoms with van der Waals surface area (Å²) in [6.07, 6.45) is -4.44. The van der Waals surface area contributed by atoms with Gasteiger partial charge in [-0.25, -0.2) is 9.37 Å². The smallest absolute Gasteiger partial charge is 0.325 e. The van der Waals surface area contributed by atoms with Gasteiger partial charge in [-0.2, -0.15) is 13.2 Å². The number of hydrogen-bond donors (Lipinski definition) is 2. The molecule has 2 N–H and O–H groups in total. The lowest BCUT2D eigenvalue weighted by molar-refractivity contribution is -0.137. The molecule has 1 amide bonds. The Morgan fingerprint density at radius 2 is 1.82 bits per heavy atom. The van der Waals surface area contributed by atoms with Gasteiger partial charge >= 0.3 is 6.18 Å². The molecule has 0 aliphatic carbocycles. The van der Waals surface area contributed by atoms with Crippen molar-refractivity contribution in [1.82, 2.24) is 15.2 Å². The average Bonchev–Trinajstić information content (AvgIpc) is 3.10. The fourth-order valence-electron chi connectivity index (χ4n) is 2.27. The van der Waals surface area contributed by atoms with Crippen molar-refractivity contribution in [2.75, 3.05) is 5.32 Å². The molecule has 3 rings (SSSR count). The summed E-state index contributed by atoms with van der Waals surface area (Å²) in [7, 11) is 0. The van der Waals surface area contributed by atoms with Gasteiger partial charge in [0.25, 0.3) is 0 Å². The van der Waals surface area contributed by atoms with Crippen LogP contribution in [0.4, 0.5) is 23.2 Å². The molecular weight excluding hydrogens is 396 g/mol. The summed E-state index contributed by atoms with van der Waals surface area (Å²) in [6, 6.07) is 10.2. The number of rotatable bonds is 5. The van der Waals surface area contributed by atoms with Crippen molar-refractivity contribution in [2.45, 2.75) is 23.5 Å². The van der Waals surface area contributed by atoms with Crippen LogP contribution in [0.3, 0.4) is 0 Å². The molecule has 0 aliphatic rings. The third-order valence-corrected chi connectivity index (χ3v) is 4.69. The highest BCUT2D eigenvalue weighted by Gasteiger charge is 2.30. The minimum Gasteiger partial charge on any atom is -0.325 e. The van der Waals surface area contributed by atoms with Gasteiger partial charge in [0.2, 0.25) is 11.1 Å². The number of nitrogens with one attached hydrogen (secondary N) is 2. The molecule has 0 fully saturated rings. The maximum Gasteiger partial charge on any atom is 0.416 e. The van der Waals surface area contributed by atoms with E-state index in [2.05, 4.69) is 20.5 Å². The van der Waals surface area contributed by atoms with E-state index in [1.807, 2.05) is 0 Å². The van der Waals surface area contributed by atoms with Crippen LogP contribution in [0, 0.1) is 5.82 Å². The zero-order valence-electron chi connectivity index (χ0n) is 14.4. The van der Waals surface area contributed by atoms with Gasteiger partial charge in [-0.15, -0.1) is 5.10 Å². The molecule has 0 spiro atoms. The number of benzene rings is 2. The molecule has 10 heteroatoms. The Bertz CT molecular complexity index is 972. The van der Waals surface area contributed by atoms with E-state index in [4.69, 9.17) is 0 Å². The van der Waals surface area contributed by atoms with Gasteiger partial charge in [-0.3, -0.25) is 9.89 Å². The van der Waals surface area contributed by atoms with Crippen molar-refractivity contribution in [3.63, 3.8) is 0 Å². The quantitative estimate of drug-likeness (QED) is 0.471. The molecule has 3 aromatic rings. The fourth-order valence-corrected chi connectivity index (χ4v) is 3.00. The number of amides is 1. The number of anilines is 1. The highest BCUT2D eigenvalue weighted by molar-refractivity contribution is 8.00. The summed E-state index contributed by atoms with van der Waals surface area (Å²) in [6.45, 7) is 1.60. The maximum atomic E-state index is 13.8. The highest BCUT2D eigenvalue weighted by Crippen LogP contribution is 2.30. The maximum absolute atomic E-state index is 13.8. The molecule has 0 saturated carbocycles. The lowest BCUT2D eigenvalue weighted by Crippen LogP contribution is -2.22. The van der Waals surface area contributed by atoms with E-state index in [1.165, 1.54) is 18.2 Å². The summed E-state index contributed by atoms with van der Waals surface area (Å²) in [5.41, 5.74) is -0.300. The predicted molar refractivity (Wildman–Crippen MR) is 97.2 cm³/mol. The minimum atomic E-state index is -4.44. The van der Waals surface area contributed by atoms with Crippen molar-refractivity contribution in [3.8, 4) is 11.4 Å². The molecule has 146 valence electrons. The van der Waals surface area contributed by atoms with E-state index in [-0.39, 0.29) is 22.2 Å². The number of carbonyl (C=O) groups is 1. The van der Waals surface area contributed by atoms with E-state index in [0.29, 0.717) is 0 Å². The fraction of sp³-hybridized carbons (Fsp3) is 0.167. The van der Waals surface area contributed by atoms with Crippen LogP contribution in [-0.4, -0.2) is 26.3 Å². The van der Waals surface area contributed by atoms with Crippen molar-refractivity contribution in [2.24, 2.45) is 0 Å². The number of alkyl halides is 3. The van der Waals surface area contributed by atoms with Crippen LogP contribution in [0.1, 0.15) is 12.5 Å². The molecule has 0 unspecified atom stereocenters. The molecule has 0 aliphatic heterocycles. The molecule has 1 heterocycles. The molecule has 0 saturated heterocycles. The van der Waals surface area contributed by atoms with Crippen LogP contribution in [0.5, 0.6) is 0 Å². The minimum absolute atomic E-state index is 0.232. The van der Waals surface area contributed by atoms with Crippen molar-refractivity contribution >= 4 is 23.4 Å². The molecule has 2 aromatic carbocycles. The van der Waals surface area contributed by atoms with E-state index in [9.17, 15) is 22.4 Å². The zero-order valence-corrected chi connectivity index (χ0v) is 15.2. The first-order valence-corrected chi connectivity index (χ1v) is 8.94. The monoisotopic (exact) mass is 410 g/mol. The number of carbonyl (C=O) groups excluding carboxylic acids is 1. The van der Waals surface area contributed by atoms with E-state index >= 15 is 0 Å². The predicted octanol–water partition coefficient (Wildman–Crippen LogP) is 4.75. The lowest BCUT2D eigenvalue weighted by Gasteiger charge is -2.11. The summed E-state index contributed by atoms with van der Waals surface area (Å²) < 4.78 is 51.5. The van der Waals surface area contributed by atoms with Gasteiger partial charge in [-0.05, 0) is 43.3 Å². The van der Waals surface area contributed by atoms with Crippen LogP contribution < -0.4 is 5.32 Å². The standard InChI is InChI=1S/C18H14F4N4OS/c1-10(16(27)23-12-8-6-11(7-9-12)18(20,21)22)28-17-24-15(25-26-17)13-4-2-3-5-14(13)19/h2-10H,1H3,(H,23,27)(H,24,25,26)/t10-/m1/s1. The van der Waals surface area contributed by atoms with E-state index < -0.39 is 28.7 Å². The van der Waals surface area contributed by atoms with Crippen molar-refractivity contribution in [3.05, 3.63) is 59.9 Å². The Hall–Kier alpha value is -2.88. The first kappa shape index (κ1) is 19.9. The number of hydrogen-bond acceptors (Lipinski definition) is 4. The molecule has 0 bridgehead atoms. The number of aromatic nitrogens is 3. The Morgan fingerprint density at radius 3 is 2.46 bits per heavy atom. The second-order valence-corrected chi connectivity index (χ2v) is 7.08. The van der Waals surface area contributed by atoms with Gasteiger partial charge in [0, 0.05) is 5.69 Å². The van der Waals surface area contributed by atoms with Gasteiger partial charge in [0.15, 0.2) is 5.82 Å². The highest BCUT2D eigenvalue weighted by atomic mass is 32.2.